The van der Waals surface area contributed by atoms with Crippen molar-refractivity contribution in [3.8, 4) is 5.75 Å². The number of anilines is 1. The third kappa shape index (κ3) is 5.86. The minimum absolute atomic E-state index is 0.0468. The molecular formula is C27H27N3O3. The third-order valence-electron chi connectivity index (χ3n) is 5.67. The molecule has 1 atom stereocenters. The summed E-state index contributed by atoms with van der Waals surface area (Å²) in [4.78, 5) is 26.6. The van der Waals surface area contributed by atoms with E-state index >= 15 is 0 Å². The fourth-order valence-corrected chi connectivity index (χ4v) is 3.70. The number of hydrogen-bond donors (Lipinski definition) is 1. The maximum absolute atomic E-state index is 12.5. The summed E-state index contributed by atoms with van der Waals surface area (Å²) >= 11 is 0. The van der Waals surface area contributed by atoms with Crippen molar-refractivity contribution in [2.45, 2.75) is 26.4 Å². The van der Waals surface area contributed by atoms with Gasteiger partial charge in [0.05, 0.1) is 12.1 Å². The van der Waals surface area contributed by atoms with Crippen LogP contribution in [0.4, 0.5) is 5.69 Å². The number of amides is 2. The van der Waals surface area contributed by atoms with Crippen LogP contribution in [-0.4, -0.2) is 24.6 Å². The summed E-state index contributed by atoms with van der Waals surface area (Å²) in [6, 6.07) is 25.3. The van der Waals surface area contributed by atoms with Gasteiger partial charge in [-0.1, -0.05) is 49.4 Å². The Kier molecular flexibility index (Phi) is 7.15. The van der Waals surface area contributed by atoms with Gasteiger partial charge in [-0.3, -0.25) is 9.59 Å². The molecule has 6 nitrogen and oxygen atoms in total. The van der Waals surface area contributed by atoms with Crippen LogP contribution in [0.3, 0.4) is 0 Å². The maximum atomic E-state index is 12.5. The third-order valence-corrected chi connectivity index (χ3v) is 5.67. The Labute approximate surface area is 193 Å². The van der Waals surface area contributed by atoms with Crippen LogP contribution in [0, 0.1) is 5.92 Å². The molecule has 1 aliphatic rings. The summed E-state index contributed by atoms with van der Waals surface area (Å²) in [6.07, 6.45) is 2.71. The number of ether oxygens (including phenoxy) is 1. The van der Waals surface area contributed by atoms with E-state index in [4.69, 9.17) is 4.74 Å². The van der Waals surface area contributed by atoms with Crippen molar-refractivity contribution in [2.24, 2.45) is 11.0 Å². The number of hydrogen-bond acceptors (Lipinski definition) is 4. The highest BCUT2D eigenvalue weighted by atomic mass is 16.5. The Morgan fingerprint density at radius 1 is 1.03 bits per heavy atom. The van der Waals surface area contributed by atoms with E-state index in [0.29, 0.717) is 13.2 Å². The number of carbonyl (C=O) groups is 2. The van der Waals surface area contributed by atoms with E-state index in [1.54, 1.807) is 11.1 Å². The molecule has 2 amide bonds. The zero-order chi connectivity index (χ0) is 23.0. The molecule has 0 unspecified atom stereocenters. The molecule has 33 heavy (non-hydrogen) atoms. The molecule has 1 saturated heterocycles. The number of benzene rings is 3. The van der Waals surface area contributed by atoms with Crippen molar-refractivity contribution in [1.82, 2.24) is 5.43 Å². The number of hydrazone groups is 1. The van der Waals surface area contributed by atoms with Gasteiger partial charge >= 0.3 is 0 Å². The topological polar surface area (TPSA) is 71.0 Å². The van der Waals surface area contributed by atoms with Crippen molar-refractivity contribution >= 4 is 23.7 Å². The van der Waals surface area contributed by atoms with Gasteiger partial charge in [-0.15, -0.1) is 0 Å². The number of nitrogens with one attached hydrogen (secondary N) is 1. The summed E-state index contributed by atoms with van der Waals surface area (Å²) in [5, 5.41) is 4.06. The summed E-state index contributed by atoms with van der Waals surface area (Å²) in [7, 11) is 0. The zero-order valence-electron chi connectivity index (χ0n) is 18.6. The molecule has 0 radical (unpaired) electrons. The highest BCUT2D eigenvalue weighted by molar-refractivity contribution is 6.00. The number of carbonyl (C=O) groups excluding carboxylic acids is 2. The van der Waals surface area contributed by atoms with E-state index in [0.717, 1.165) is 29.0 Å². The lowest BCUT2D eigenvalue weighted by Crippen LogP contribution is -2.30. The molecule has 0 aromatic heterocycles. The molecule has 0 aliphatic carbocycles. The van der Waals surface area contributed by atoms with Gasteiger partial charge < -0.3 is 9.64 Å². The number of rotatable bonds is 8. The maximum Gasteiger partial charge on any atom is 0.245 e. The predicted octanol–water partition coefficient (Wildman–Crippen LogP) is 4.33. The first-order valence-corrected chi connectivity index (χ1v) is 11.1. The second-order valence-electron chi connectivity index (χ2n) is 8.00. The van der Waals surface area contributed by atoms with Crippen LogP contribution in [0.1, 0.15) is 30.0 Å². The van der Waals surface area contributed by atoms with Gasteiger partial charge in [0.1, 0.15) is 12.4 Å². The Bertz CT molecular complexity index is 1110. The SMILES string of the molecule is CCc1ccc(N2C[C@@H](C(=O)N/N=C/c3ccc(OCc4ccccc4)cc3)CC2=O)cc1. The monoisotopic (exact) mass is 441 g/mol. The fourth-order valence-electron chi connectivity index (χ4n) is 3.70. The Balaban J connectivity index is 1.26. The van der Waals surface area contributed by atoms with Crippen LogP contribution in [-0.2, 0) is 22.6 Å². The first-order valence-electron chi connectivity index (χ1n) is 11.1. The van der Waals surface area contributed by atoms with E-state index in [-0.39, 0.29) is 18.2 Å². The van der Waals surface area contributed by atoms with E-state index in [1.165, 1.54) is 5.56 Å². The van der Waals surface area contributed by atoms with Crippen LogP contribution < -0.4 is 15.1 Å². The lowest BCUT2D eigenvalue weighted by Gasteiger charge is -2.16. The van der Waals surface area contributed by atoms with Gasteiger partial charge in [-0.25, -0.2) is 5.43 Å². The lowest BCUT2D eigenvalue weighted by atomic mass is 10.1. The molecule has 0 saturated carbocycles. The van der Waals surface area contributed by atoms with Gasteiger partial charge in [-0.2, -0.15) is 5.10 Å². The van der Waals surface area contributed by atoms with Gasteiger partial charge in [-0.05, 0) is 59.5 Å². The highest BCUT2D eigenvalue weighted by Crippen LogP contribution is 2.25. The summed E-state index contributed by atoms with van der Waals surface area (Å²) < 4.78 is 5.78. The largest absolute Gasteiger partial charge is 0.489 e. The first kappa shape index (κ1) is 22.3. The molecule has 3 aromatic carbocycles. The molecule has 1 fully saturated rings. The average Bonchev–Trinajstić information content (AvgIpc) is 3.26. The van der Waals surface area contributed by atoms with Crippen molar-refractivity contribution < 1.29 is 14.3 Å². The Morgan fingerprint density at radius 3 is 2.45 bits per heavy atom. The van der Waals surface area contributed by atoms with Gasteiger partial charge in [0.15, 0.2) is 0 Å². The van der Waals surface area contributed by atoms with E-state index in [9.17, 15) is 9.59 Å². The summed E-state index contributed by atoms with van der Waals surface area (Å²) in [5.74, 6) is 0.0374. The standard InChI is InChI=1S/C27H27N3O3/c1-2-20-8-12-24(13-9-20)30-18-23(16-26(30)31)27(32)29-28-17-21-10-14-25(15-11-21)33-19-22-6-4-3-5-7-22/h3-15,17,23H,2,16,18-19H2,1H3,(H,29,32)/b28-17+/t23-/m0/s1. The molecule has 0 spiro atoms. The average molecular weight is 442 g/mol. The normalized spacial score (nSPS) is 15.7. The van der Waals surface area contributed by atoms with E-state index in [1.807, 2.05) is 78.9 Å². The predicted molar refractivity (Wildman–Crippen MR) is 129 cm³/mol. The van der Waals surface area contributed by atoms with Crippen molar-refractivity contribution in [3.05, 3.63) is 95.6 Å². The Morgan fingerprint density at radius 2 is 1.76 bits per heavy atom. The molecule has 0 bridgehead atoms. The second-order valence-corrected chi connectivity index (χ2v) is 8.00. The number of nitrogens with zero attached hydrogens (tertiary/aromatic N) is 2. The highest BCUT2D eigenvalue weighted by Gasteiger charge is 2.35. The van der Waals surface area contributed by atoms with Crippen LogP contribution >= 0.6 is 0 Å². The van der Waals surface area contributed by atoms with Crippen LogP contribution in [0.5, 0.6) is 5.75 Å². The molecule has 1 heterocycles. The molecule has 168 valence electrons. The Hall–Kier alpha value is -3.93. The van der Waals surface area contributed by atoms with Gasteiger partial charge in [0.2, 0.25) is 11.8 Å². The van der Waals surface area contributed by atoms with E-state index in [2.05, 4.69) is 17.5 Å². The molecule has 1 aliphatic heterocycles. The van der Waals surface area contributed by atoms with Crippen LogP contribution in [0.2, 0.25) is 0 Å². The molecule has 4 rings (SSSR count). The minimum atomic E-state index is -0.422. The quantitative estimate of drug-likeness (QED) is 0.418. The van der Waals surface area contributed by atoms with Crippen LogP contribution in [0.25, 0.3) is 0 Å². The smallest absolute Gasteiger partial charge is 0.245 e. The molecule has 6 heteroatoms. The first-order chi connectivity index (χ1) is 16.1. The summed E-state index contributed by atoms with van der Waals surface area (Å²) in [5.41, 5.74) is 6.54. The second kappa shape index (κ2) is 10.6. The lowest BCUT2D eigenvalue weighted by molar-refractivity contribution is -0.126. The summed E-state index contributed by atoms with van der Waals surface area (Å²) in [6.45, 7) is 2.95. The van der Waals surface area contributed by atoms with Crippen molar-refractivity contribution in [2.75, 3.05) is 11.4 Å². The van der Waals surface area contributed by atoms with Gasteiger partial charge in [0.25, 0.3) is 0 Å². The molecular weight excluding hydrogens is 414 g/mol. The molecule has 3 aromatic rings. The van der Waals surface area contributed by atoms with Gasteiger partial charge in [0, 0.05) is 18.7 Å². The van der Waals surface area contributed by atoms with Crippen molar-refractivity contribution in [3.63, 3.8) is 0 Å². The fraction of sp³-hybridized carbons (Fsp3) is 0.222. The van der Waals surface area contributed by atoms with Crippen molar-refractivity contribution in [1.29, 1.82) is 0 Å². The minimum Gasteiger partial charge on any atom is -0.489 e. The van der Waals surface area contributed by atoms with E-state index < -0.39 is 5.92 Å². The number of aryl methyl sites for hydroxylation is 1. The van der Waals surface area contributed by atoms with Crippen LogP contribution in [0.15, 0.2) is 84.0 Å². The zero-order valence-corrected chi connectivity index (χ0v) is 18.6. The molecule has 1 N–H and O–H groups in total.